The van der Waals surface area contributed by atoms with E-state index in [0.29, 0.717) is 0 Å². The lowest BCUT2D eigenvalue weighted by Gasteiger charge is -2.23. The molecule has 0 fully saturated rings. The molecule has 0 N–H and O–H groups in total. The summed E-state index contributed by atoms with van der Waals surface area (Å²) in [7, 11) is 0. The van der Waals surface area contributed by atoms with Gasteiger partial charge in [0.15, 0.2) is 4.67 Å². The van der Waals surface area contributed by atoms with Gasteiger partial charge in [0.25, 0.3) is 0 Å². The molecule has 0 amide bonds. The Bertz CT molecular complexity index is 365. The predicted molar refractivity (Wildman–Crippen MR) is 58.1 cm³/mol. The van der Waals surface area contributed by atoms with Crippen LogP contribution < -0.4 is 0 Å². The van der Waals surface area contributed by atoms with Crippen LogP contribution in [0.5, 0.6) is 0 Å². The van der Waals surface area contributed by atoms with E-state index in [-0.39, 0.29) is 6.10 Å². The number of furan rings is 1. The third-order valence-corrected chi connectivity index (χ3v) is 3.06. The summed E-state index contributed by atoms with van der Waals surface area (Å²) in [6.45, 7) is 4.99. The second kappa shape index (κ2) is 3.91. The minimum Gasteiger partial charge on any atom is -0.452 e. The van der Waals surface area contributed by atoms with E-state index in [1.807, 2.05) is 12.1 Å². The summed E-state index contributed by atoms with van der Waals surface area (Å²) in [6.07, 6.45) is 1.02. The Morgan fingerprint density at radius 2 is 2.07 bits per heavy atom. The van der Waals surface area contributed by atoms with Crippen LogP contribution in [0.15, 0.2) is 32.4 Å². The Kier molecular flexibility index (Phi) is 2.79. The first-order chi connectivity index (χ1) is 6.66. The van der Waals surface area contributed by atoms with Gasteiger partial charge < -0.3 is 9.15 Å². The molecule has 1 aromatic rings. The van der Waals surface area contributed by atoms with Crippen molar-refractivity contribution in [2.45, 2.75) is 26.4 Å². The van der Waals surface area contributed by atoms with Gasteiger partial charge >= 0.3 is 0 Å². The van der Waals surface area contributed by atoms with Crippen LogP contribution in [0.2, 0.25) is 0 Å². The van der Waals surface area contributed by atoms with Crippen molar-refractivity contribution in [1.29, 1.82) is 0 Å². The first kappa shape index (κ1) is 9.99. The number of hydrogen-bond acceptors (Lipinski definition) is 2. The van der Waals surface area contributed by atoms with Crippen LogP contribution in [0.1, 0.15) is 32.1 Å². The van der Waals surface area contributed by atoms with E-state index in [0.717, 1.165) is 23.5 Å². The van der Waals surface area contributed by atoms with Gasteiger partial charge in [-0.1, -0.05) is 5.57 Å². The number of rotatable bonds is 1. The molecule has 0 radical (unpaired) electrons. The normalized spacial score (nSPS) is 22.9. The summed E-state index contributed by atoms with van der Waals surface area (Å²) in [4.78, 5) is 0. The first-order valence-electron chi connectivity index (χ1n) is 4.69. The van der Waals surface area contributed by atoms with E-state index < -0.39 is 0 Å². The molecule has 0 bridgehead atoms. The van der Waals surface area contributed by atoms with Crippen LogP contribution in [0, 0.1) is 0 Å². The summed E-state index contributed by atoms with van der Waals surface area (Å²) in [5, 5.41) is 0. The molecule has 1 aromatic heterocycles. The Morgan fingerprint density at radius 1 is 1.29 bits per heavy atom. The molecule has 0 saturated carbocycles. The van der Waals surface area contributed by atoms with Gasteiger partial charge in [-0.05, 0) is 47.5 Å². The molecule has 2 nitrogen and oxygen atoms in total. The zero-order chi connectivity index (χ0) is 10.1. The zero-order valence-electron chi connectivity index (χ0n) is 8.34. The number of hydrogen-bond donors (Lipinski definition) is 0. The third kappa shape index (κ3) is 1.93. The van der Waals surface area contributed by atoms with Crippen molar-refractivity contribution in [3.05, 3.63) is 33.7 Å². The van der Waals surface area contributed by atoms with E-state index in [4.69, 9.17) is 9.15 Å². The van der Waals surface area contributed by atoms with Crippen molar-refractivity contribution in [1.82, 2.24) is 0 Å². The van der Waals surface area contributed by atoms with Gasteiger partial charge in [0, 0.05) is 6.42 Å². The smallest absolute Gasteiger partial charge is 0.169 e. The Labute approximate surface area is 92.1 Å². The second-order valence-electron chi connectivity index (χ2n) is 3.71. The molecule has 0 aliphatic carbocycles. The molecule has 2 heterocycles. The molecule has 76 valence electrons. The number of halogens is 1. The van der Waals surface area contributed by atoms with Crippen molar-refractivity contribution in [3.8, 4) is 0 Å². The van der Waals surface area contributed by atoms with Crippen molar-refractivity contribution in [2.24, 2.45) is 0 Å². The molecule has 1 atom stereocenters. The summed E-state index contributed by atoms with van der Waals surface area (Å²) in [6, 6.07) is 3.86. The largest absolute Gasteiger partial charge is 0.452 e. The van der Waals surface area contributed by atoms with Crippen LogP contribution in [0.3, 0.4) is 0 Å². The molecular weight excluding hydrogens is 244 g/mol. The van der Waals surface area contributed by atoms with Crippen molar-refractivity contribution >= 4 is 15.9 Å². The van der Waals surface area contributed by atoms with Gasteiger partial charge in [0.1, 0.15) is 11.9 Å². The van der Waals surface area contributed by atoms with Crippen LogP contribution >= 0.6 is 15.9 Å². The highest BCUT2D eigenvalue weighted by Gasteiger charge is 2.21. The van der Waals surface area contributed by atoms with Crippen LogP contribution in [0.25, 0.3) is 0 Å². The predicted octanol–water partition coefficient (Wildman–Crippen LogP) is 3.84. The standard InChI is InChI=1S/C11H13BrO2/c1-7-5-10(13-6-8(7)2)9-3-4-11(12)14-9/h3-4,10H,5-6H2,1-2H3. The van der Waals surface area contributed by atoms with E-state index in [9.17, 15) is 0 Å². The lowest BCUT2D eigenvalue weighted by molar-refractivity contribution is 0.0416. The lowest BCUT2D eigenvalue weighted by Crippen LogP contribution is -2.13. The summed E-state index contributed by atoms with van der Waals surface area (Å²) in [5.41, 5.74) is 2.75. The van der Waals surface area contributed by atoms with E-state index in [2.05, 4.69) is 29.8 Å². The molecule has 0 saturated heterocycles. The highest BCUT2D eigenvalue weighted by Crippen LogP contribution is 2.32. The Morgan fingerprint density at radius 3 is 2.64 bits per heavy atom. The van der Waals surface area contributed by atoms with Crippen molar-refractivity contribution in [3.63, 3.8) is 0 Å². The molecule has 0 aromatic carbocycles. The summed E-state index contributed by atoms with van der Waals surface area (Å²) < 4.78 is 11.9. The fraction of sp³-hybridized carbons (Fsp3) is 0.455. The highest BCUT2D eigenvalue weighted by molar-refractivity contribution is 9.10. The average molecular weight is 257 g/mol. The molecule has 1 aliphatic heterocycles. The van der Waals surface area contributed by atoms with Crippen LogP contribution in [-0.4, -0.2) is 6.61 Å². The SMILES string of the molecule is CC1=C(C)CC(c2ccc(Br)o2)OC1. The minimum absolute atomic E-state index is 0.0880. The van der Waals surface area contributed by atoms with Crippen molar-refractivity contribution < 1.29 is 9.15 Å². The molecular formula is C11H13BrO2. The van der Waals surface area contributed by atoms with Gasteiger partial charge in [0.2, 0.25) is 0 Å². The fourth-order valence-electron chi connectivity index (χ4n) is 1.54. The van der Waals surface area contributed by atoms with E-state index in [1.54, 1.807) is 0 Å². The average Bonchev–Trinajstić information content (AvgIpc) is 2.57. The zero-order valence-corrected chi connectivity index (χ0v) is 9.93. The van der Waals surface area contributed by atoms with Gasteiger partial charge in [-0.15, -0.1) is 0 Å². The number of ether oxygens (including phenoxy) is 1. The topological polar surface area (TPSA) is 22.4 Å². The van der Waals surface area contributed by atoms with E-state index >= 15 is 0 Å². The molecule has 1 aliphatic rings. The van der Waals surface area contributed by atoms with Crippen LogP contribution in [0.4, 0.5) is 0 Å². The molecule has 1 unspecified atom stereocenters. The van der Waals surface area contributed by atoms with Gasteiger partial charge in [0.05, 0.1) is 6.61 Å². The van der Waals surface area contributed by atoms with Gasteiger partial charge in [-0.3, -0.25) is 0 Å². The molecule has 0 spiro atoms. The monoisotopic (exact) mass is 256 g/mol. The summed E-state index contributed by atoms with van der Waals surface area (Å²) in [5.74, 6) is 0.906. The quantitative estimate of drug-likeness (QED) is 0.713. The Balaban J connectivity index is 2.16. The lowest BCUT2D eigenvalue weighted by atomic mass is 10.0. The highest BCUT2D eigenvalue weighted by atomic mass is 79.9. The molecule has 2 rings (SSSR count). The van der Waals surface area contributed by atoms with Gasteiger partial charge in [-0.2, -0.15) is 0 Å². The maximum absolute atomic E-state index is 5.69. The first-order valence-corrected chi connectivity index (χ1v) is 5.48. The fourth-order valence-corrected chi connectivity index (χ4v) is 1.86. The van der Waals surface area contributed by atoms with Gasteiger partial charge in [-0.25, -0.2) is 0 Å². The minimum atomic E-state index is 0.0880. The third-order valence-electron chi connectivity index (χ3n) is 2.63. The molecule has 14 heavy (non-hydrogen) atoms. The summed E-state index contributed by atoms with van der Waals surface area (Å²) >= 11 is 3.29. The van der Waals surface area contributed by atoms with Crippen LogP contribution in [-0.2, 0) is 4.74 Å². The maximum Gasteiger partial charge on any atom is 0.169 e. The second-order valence-corrected chi connectivity index (χ2v) is 4.49. The van der Waals surface area contributed by atoms with Crippen molar-refractivity contribution in [2.75, 3.05) is 6.61 Å². The van der Waals surface area contributed by atoms with E-state index in [1.165, 1.54) is 11.1 Å². The Hall–Kier alpha value is -0.540. The molecule has 3 heteroatoms. The maximum atomic E-state index is 5.69.